The number of hydrogen-bond donors (Lipinski definition) is 1. The first-order valence-corrected chi connectivity index (χ1v) is 8.63. The van der Waals surface area contributed by atoms with E-state index in [0.29, 0.717) is 0 Å². The fraction of sp³-hybridized carbons (Fsp3) is 0.882. The van der Waals surface area contributed by atoms with Crippen molar-refractivity contribution in [2.45, 2.75) is 82.4 Å². The van der Waals surface area contributed by atoms with Gasteiger partial charge in [0.15, 0.2) is 23.4 Å². The van der Waals surface area contributed by atoms with Crippen molar-refractivity contribution in [2.75, 3.05) is 13.7 Å². The molecule has 0 bridgehead atoms. The first-order chi connectivity index (χ1) is 12.0. The lowest BCUT2D eigenvalue weighted by molar-refractivity contribution is -0.228. The summed E-state index contributed by atoms with van der Waals surface area (Å²) in [4.78, 5) is 11.9. The van der Waals surface area contributed by atoms with Crippen molar-refractivity contribution in [1.82, 2.24) is 5.32 Å². The fourth-order valence-electron chi connectivity index (χ4n) is 3.71. The normalized spacial score (nSPS) is 41.4. The van der Waals surface area contributed by atoms with Gasteiger partial charge >= 0.3 is 5.97 Å². The van der Waals surface area contributed by atoms with E-state index in [1.807, 2.05) is 0 Å². The molecule has 3 fully saturated rings. The van der Waals surface area contributed by atoms with E-state index in [1.165, 1.54) is 7.11 Å². The van der Waals surface area contributed by atoms with Gasteiger partial charge in [0.1, 0.15) is 24.4 Å². The average Bonchev–Trinajstić information content (AvgIpc) is 3.16. The zero-order chi connectivity index (χ0) is 19.3. The quantitative estimate of drug-likeness (QED) is 0.705. The summed E-state index contributed by atoms with van der Waals surface area (Å²) >= 11 is 0. The molecule has 0 aromatic rings. The second-order valence-electron chi connectivity index (χ2n) is 7.72. The zero-order valence-electron chi connectivity index (χ0n) is 15.9. The molecule has 1 N–H and O–H groups in total. The number of fused-ring (bicyclic) bond motifs is 1. The van der Waals surface area contributed by atoms with Crippen LogP contribution in [0.25, 0.3) is 0 Å². The maximum atomic E-state index is 11.9. The minimum atomic E-state index is -1.37. The molecule has 0 saturated carbocycles. The highest BCUT2D eigenvalue weighted by Crippen LogP contribution is 2.46. The Balaban J connectivity index is 1.93. The van der Waals surface area contributed by atoms with Gasteiger partial charge in [0.05, 0.1) is 19.8 Å². The molecule has 3 aliphatic rings. The Labute approximate surface area is 152 Å². The first-order valence-electron chi connectivity index (χ1n) is 8.63. The molecule has 0 aromatic heterocycles. The minimum Gasteiger partial charge on any atom is -0.468 e. The molecule has 3 heterocycles. The Morgan fingerprint density at radius 2 is 1.88 bits per heavy atom. The number of nitrogens with zero attached hydrogens (tertiary/aromatic N) is 1. The van der Waals surface area contributed by atoms with E-state index >= 15 is 0 Å². The molecule has 6 atom stereocenters. The Hall–Kier alpha value is -1.28. The van der Waals surface area contributed by atoms with Gasteiger partial charge in [-0.25, -0.2) is 0 Å². The van der Waals surface area contributed by atoms with E-state index in [-0.39, 0.29) is 6.61 Å². The molecule has 146 valence electrons. The van der Waals surface area contributed by atoms with Gasteiger partial charge in [-0.1, -0.05) is 0 Å². The molecule has 0 radical (unpaired) electrons. The van der Waals surface area contributed by atoms with Crippen LogP contribution in [0.3, 0.4) is 0 Å². The summed E-state index contributed by atoms with van der Waals surface area (Å²) in [6.07, 6.45) is -2.79. The van der Waals surface area contributed by atoms with Gasteiger partial charge in [-0.2, -0.15) is 5.26 Å². The van der Waals surface area contributed by atoms with Crippen LogP contribution in [0.15, 0.2) is 0 Å². The van der Waals surface area contributed by atoms with Crippen LogP contribution in [-0.4, -0.2) is 67.4 Å². The maximum Gasteiger partial charge on any atom is 0.322 e. The van der Waals surface area contributed by atoms with Crippen molar-refractivity contribution < 1.29 is 33.2 Å². The van der Waals surface area contributed by atoms with E-state index in [9.17, 15) is 10.1 Å². The van der Waals surface area contributed by atoms with Gasteiger partial charge in [0, 0.05) is 0 Å². The van der Waals surface area contributed by atoms with E-state index in [0.717, 1.165) is 0 Å². The number of ether oxygens (including phenoxy) is 6. The molecule has 0 unspecified atom stereocenters. The largest absolute Gasteiger partial charge is 0.468 e. The van der Waals surface area contributed by atoms with E-state index in [1.54, 1.807) is 34.6 Å². The van der Waals surface area contributed by atoms with Crippen molar-refractivity contribution in [3.05, 3.63) is 0 Å². The second-order valence-corrected chi connectivity index (χ2v) is 7.72. The second kappa shape index (κ2) is 6.41. The van der Waals surface area contributed by atoms with Crippen LogP contribution in [0.1, 0.15) is 34.6 Å². The average molecular weight is 370 g/mol. The van der Waals surface area contributed by atoms with Crippen LogP contribution in [0.4, 0.5) is 0 Å². The number of rotatable bonds is 4. The summed E-state index contributed by atoms with van der Waals surface area (Å²) in [5.41, 5.74) is -1.37. The molecule has 0 aromatic carbocycles. The van der Waals surface area contributed by atoms with Crippen molar-refractivity contribution >= 4 is 5.97 Å². The third-order valence-electron chi connectivity index (χ3n) is 4.80. The molecular weight excluding hydrogens is 344 g/mol. The molecule has 3 saturated heterocycles. The van der Waals surface area contributed by atoms with Crippen molar-refractivity contribution in [2.24, 2.45) is 0 Å². The summed E-state index contributed by atoms with van der Waals surface area (Å²) in [6, 6.07) is 1.51. The van der Waals surface area contributed by atoms with Crippen LogP contribution in [-0.2, 0) is 33.2 Å². The third-order valence-corrected chi connectivity index (χ3v) is 4.80. The monoisotopic (exact) mass is 370 g/mol. The predicted molar refractivity (Wildman–Crippen MR) is 86.6 cm³/mol. The van der Waals surface area contributed by atoms with Gasteiger partial charge in [-0.3, -0.25) is 10.1 Å². The number of esters is 1. The highest BCUT2D eigenvalue weighted by Gasteiger charge is 2.67. The van der Waals surface area contributed by atoms with Crippen LogP contribution >= 0.6 is 0 Å². The zero-order valence-corrected chi connectivity index (χ0v) is 15.9. The summed E-state index contributed by atoms with van der Waals surface area (Å²) in [7, 11) is 1.29. The number of methoxy groups -OCH3 is 1. The topological polar surface area (TPSA) is 108 Å². The van der Waals surface area contributed by atoms with E-state index in [4.69, 9.17) is 28.4 Å². The lowest BCUT2D eigenvalue weighted by Gasteiger charge is -2.36. The fourth-order valence-corrected chi connectivity index (χ4v) is 3.71. The van der Waals surface area contributed by atoms with Crippen molar-refractivity contribution in [1.29, 1.82) is 5.26 Å². The van der Waals surface area contributed by atoms with Gasteiger partial charge in [-0.05, 0) is 34.6 Å². The van der Waals surface area contributed by atoms with Gasteiger partial charge in [0.2, 0.25) is 0 Å². The molecule has 0 aliphatic carbocycles. The first kappa shape index (κ1) is 19.5. The summed E-state index contributed by atoms with van der Waals surface area (Å²) in [5.74, 6) is -2.20. The number of hydrogen-bond acceptors (Lipinski definition) is 9. The Kier molecular flexibility index (Phi) is 4.80. The van der Waals surface area contributed by atoms with Crippen molar-refractivity contribution in [3.63, 3.8) is 0 Å². The van der Waals surface area contributed by atoms with Gasteiger partial charge in [-0.15, -0.1) is 0 Å². The lowest BCUT2D eigenvalue weighted by Crippen LogP contribution is -2.65. The van der Waals surface area contributed by atoms with Crippen LogP contribution in [0, 0.1) is 11.3 Å². The van der Waals surface area contributed by atoms with Crippen molar-refractivity contribution in [3.8, 4) is 6.07 Å². The minimum absolute atomic E-state index is 0.248. The molecule has 3 aliphatic heterocycles. The number of carbonyl (C=O) groups is 1. The lowest BCUT2D eigenvalue weighted by atomic mass is 9.86. The number of nitrogens with one attached hydrogen (secondary N) is 1. The molecule has 0 spiro atoms. The Morgan fingerprint density at radius 3 is 2.42 bits per heavy atom. The smallest absolute Gasteiger partial charge is 0.322 e. The van der Waals surface area contributed by atoms with Crippen LogP contribution in [0.2, 0.25) is 0 Å². The number of carbonyl (C=O) groups excluding carboxylic acids is 1. The number of nitriles is 1. The Morgan fingerprint density at radius 1 is 1.19 bits per heavy atom. The highest BCUT2D eigenvalue weighted by molar-refractivity contribution is 5.75. The SMILES string of the molecule is COC(=O)[C@@H](C)N[C@]1(C#N)[C@@H]([C@H]2COC(C)(C)O2)O[C@@H]2OC(C)(C)O[C@@H]21. The molecule has 9 heteroatoms. The van der Waals surface area contributed by atoms with Gasteiger partial charge in [0.25, 0.3) is 0 Å². The standard InChI is InChI=1S/C17H26N2O7/c1-9(13(20)21-6)19-17(8-18)11(10-7-22-15(2,3)24-10)23-14-12(17)25-16(4,5)26-14/h9-12,14,19H,7H2,1-6H3/t9-,10-,11-,12+,14-,17-/m1/s1. The van der Waals surface area contributed by atoms with E-state index in [2.05, 4.69) is 11.4 Å². The van der Waals surface area contributed by atoms with Crippen LogP contribution in [0.5, 0.6) is 0 Å². The van der Waals surface area contributed by atoms with E-state index < -0.39 is 53.7 Å². The maximum absolute atomic E-state index is 11.9. The summed E-state index contributed by atoms with van der Waals surface area (Å²) in [6.45, 7) is 8.93. The predicted octanol–water partition coefficient (Wildman–Crippen LogP) is 0.428. The van der Waals surface area contributed by atoms with Gasteiger partial charge < -0.3 is 28.4 Å². The van der Waals surface area contributed by atoms with Crippen LogP contribution < -0.4 is 5.32 Å². The summed E-state index contributed by atoms with van der Waals surface area (Å²) in [5, 5.41) is 13.2. The molecule has 3 rings (SSSR count). The molecule has 9 nitrogen and oxygen atoms in total. The molecular formula is C17H26N2O7. The highest BCUT2D eigenvalue weighted by atomic mass is 16.8. The molecule has 26 heavy (non-hydrogen) atoms. The Bertz CT molecular complexity index is 617. The summed E-state index contributed by atoms with van der Waals surface area (Å²) < 4.78 is 34.1. The third kappa shape index (κ3) is 3.22. The molecule has 0 amide bonds.